The highest BCUT2D eigenvalue weighted by Gasteiger charge is 2.12. The minimum Gasteiger partial charge on any atom is -0.361 e. The normalized spacial score (nSPS) is 11.9. The molecule has 22 heavy (non-hydrogen) atoms. The molecule has 0 aliphatic heterocycles. The van der Waals surface area contributed by atoms with Gasteiger partial charge in [0.25, 0.3) is 0 Å². The first kappa shape index (κ1) is 14.1. The summed E-state index contributed by atoms with van der Waals surface area (Å²) in [4.78, 5) is 11.2. The first-order chi connectivity index (χ1) is 10.7. The molecule has 0 bridgehead atoms. The van der Waals surface area contributed by atoms with Crippen LogP contribution in [0.5, 0.6) is 0 Å². The van der Waals surface area contributed by atoms with Gasteiger partial charge in [0, 0.05) is 24.2 Å². The Morgan fingerprint density at radius 3 is 2.77 bits per heavy atom. The third-order valence-electron chi connectivity index (χ3n) is 3.61. The second-order valence-corrected chi connectivity index (χ2v) is 4.99. The van der Waals surface area contributed by atoms with Gasteiger partial charge in [-0.3, -0.25) is 9.36 Å². The number of hydrogen-bond acceptors (Lipinski definition) is 5. The third kappa shape index (κ3) is 2.18. The molecule has 0 saturated heterocycles. The number of rotatable bonds is 3. The molecule has 0 spiro atoms. The number of benzene rings is 1. The highest BCUT2D eigenvalue weighted by molar-refractivity contribution is 5.87. The quantitative estimate of drug-likeness (QED) is 0.592. The summed E-state index contributed by atoms with van der Waals surface area (Å²) in [6, 6.07) is 7.90. The van der Waals surface area contributed by atoms with Crippen LogP contribution in [-0.2, 0) is 4.79 Å². The van der Waals surface area contributed by atoms with Gasteiger partial charge in [-0.2, -0.15) is 5.10 Å². The fraction of sp³-hybridized carbons (Fsp3) is 0.188. The Morgan fingerprint density at radius 2 is 2.14 bits per heavy atom. The molecule has 0 aliphatic rings. The molecule has 2 aromatic heterocycles. The zero-order valence-corrected chi connectivity index (χ0v) is 12.6. The molecular formula is C16H16N4O2. The number of fused-ring (bicyclic) bond motifs is 1. The zero-order chi connectivity index (χ0) is 15.7. The van der Waals surface area contributed by atoms with E-state index in [1.54, 1.807) is 13.2 Å². The second-order valence-electron chi connectivity index (χ2n) is 4.99. The molecule has 2 heterocycles. The van der Waals surface area contributed by atoms with Gasteiger partial charge in [0.2, 0.25) is 6.41 Å². The molecular weight excluding hydrogens is 280 g/mol. The van der Waals surface area contributed by atoms with Crippen molar-refractivity contribution in [3.8, 4) is 11.1 Å². The molecule has 6 heteroatoms. The summed E-state index contributed by atoms with van der Waals surface area (Å²) in [5.74, 6) is 0.767. The maximum Gasteiger partial charge on any atom is 0.219 e. The first-order valence-electron chi connectivity index (χ1n) is 6.89. The van der Waals surface area contributed by atoms with Gasteiger partial charge in [-0.05, 0) is 36.9 Å². The van der Waals surface area contributed by atoms with E-state index in [0.717, 1.165) is 39.8 Å². The van der Waals surface area contributed by atoms with E-state index >= 15 is 0 Å². The van der Waals surface area contributed by atoms with Gasteiger partial charge in [-0.25, -0.2) is 0 Å². The lowest BCUT2D eigenvalue weighted by molar-refractivity contribution is 0.393. The predicted molar refractivity (Wildman–Crippen MR) is 83.7 cm³/mol. The molecule has 0 saturated carbocycles. The largest absolute Gasteiger partial charge is 0.361 e. The van der Waals surface area contributed by atoms with E-state index in [-0.39, 0.29) is 0 Å². The molecule has 0 atom stereocenters. The van der Waals surface area contributed by atoms with Crippen molar-refractivity contribution in [3.05, 3.63) is 47.4 Å². The van der Waals surface area contributed by atoms with Gasteiger partial charge >= 0.3 is 0 Å². The topological polar surface area (TPSA) is 72.4 Å². The fourth-order valence-corrected chi connectivity index (χ4v) is 2.63. The van der Waals surface area contributed by atoms with Crippen molar-refractivity contribution in [1.82, 2.24) is 15.1 Å². The Morgan fingerprint density at radius 1 is 1.32 bits per heavy atom. The molecule has 112 valence electrons. The number of aryl methyl sites for hydroxylation is 2. The molecule has 0 radical (unpaired) electrons. The summed E-state index contributed by atoms with van der Waals surface area (Å²) in [6.07, 6.45) is 2.43. The summed E-state index contributed by atoms with van der Waals surface area (Å²) in [5, 5.41) is 10.1. The molecule has 0 amide bonds. The highest BCUT2D eigenvalue weighted by Crippen LogP contribution is 2.28. The van der Waals surface area contributed by atoms with E-state index in [1.807, 2.05) is 38.1 Å². The van der Waals surface area contributed by atoms with Gasteiger partial charge in [0.1, 0.15) is 5.76 Å². The molecule has 0 unspecified atom stereocenters. The molecule has 3 aromatic rings. The minimum atomic E-state index is 0.559. The maximum absolute atomic E-state index is 11.2. The first-order valence-corrected chi connectivity index (χ1v) is 6.89. The Hall–Kier alpha value is -2.89. The number of carbonyl (C=O) groups excluding carboxylic acids is 1. The van der Waals surface area contributed by atoms with E-state index in [9.17, 15) is 4.79 Å². The second kappa shape index (κ2) is 5.48. The number of aromatic nitrogens is 2. The average Bonchev–Trinajstić information content (AvgIpc) is 2.86. The molecule has 0 fully saturated rings. The van der Waals surface area contributed by atoms with E-state index in [4.69, 9.17) is 4.52 Å². The number of hydrogen-bond donors (Lipinski definition) is 1. The standard InChI is InChI=1S/C16H16N4O2/c1-10-15(11(2)22-19-10)13-5-4-12-6-7-20(9-21)16(18-17-3)14(12)8-13/h4-9,17H,1-3H3/b18-16-. The Bertz CT molecular complexity index is 902. The van der Waals surface area contributed by atoms with Gasteiger partial charge in [-0.1, -0.05) is 17.3 Å². The van der Waals surface area contributed by atoms with E-state index in [2.05, 4.69) is 15.7 Å². The lowest BCUT2D eigenvalue weighted by Gasteiger charge is -2.06. The molecule has 1 N–H and O–H groups in total. The van der Waals surface area contributed by atoms with Crippen LogP contribution in [0.4, 0.5) is 0 Å². The summed E-state index contributed by atoms with van der Waals surface area (Å²) in [7, 11) is 1.70. The van der Waals surface area contributed by atoms with Crippen molar-refractivity contribution in [3.63, 3.8) is 0 Å². The lowest BCUT2D eigenvalue weighted by atomic mass is 10.0. The van der Waals surface area contributed by atoms with Crippen molar-refractivity contribution < 1.29 is 9.32 Å². The van der Waals surface area contributed by atoms with Crippen LogP contribution in [-0.4, -0.2) is 23.2 Å². The van der Waals surface area contributed by atoms with Gasteiger partial charge in [-0.15, -0.1) is 0 Å². The summed E-state index contributed by atoms with van der Waals surface area (Å²) in [6.45, 7) is 3.79. The van der Waals surface area contributed by atoms with Crippen LogP contribution < -0.4 is 10.9 Å². The zero-order valence-electron chi connectivity index (χ0n) is 12.6. The van der Waals surface area contributed by atoms with Crippen LogP contribution in [0.25, 0.3) is 21.9 Å². The third-order valence-corrected chi connectivity index (χ3v) is 3.61. The smallest absolute Gasteiger partial charge is 0.219 e. The summed E-state index contributed by atoms with van der Waals surface area (Å²) in [5.41, 5.74) is 6.09. The van der Waals surface area contributed by atoms with E-state index in [1.165, 1.54) is 4.57 Å². The van der Waals surface area contributed by atoms with Crippen molar-refractivity contribution in [2.75, 3.05) is 7.05 Å². The highest BCUT2D eigenvalue weighted by atomic mass is 16.5. The monoisotopic (exact) mass is 296 g/mol. The van der Waals surface area contributed by atoms with Crippen LogP contribution in [0.1, 0.15) is 11.5 Å². The van der Waals surface area contributed by atoms with Crippen molar-refractivity contribution in [2.24, 2.45) is 5.10 Å². The molecule has 3 rings (SSSR count). The van der Waals surface area contributed by atoms with Crippen LogP contribution in [0.15, 0.2) is 40.1 Å². The lowest BCUT2D eigenvalue weighted by Crippen LogP contribution is -2.23. The molecule has 6 nitrogen and oxygen atoms in total. The summed E-state index contributed by atoms with van der Waals surface area (Å²) < 4.78 is 6.68. The number of nitrogens with zero attached hydrogens (tertiary/aromatic N) is 3. The van der Waals surface area contributed by atoms with E-state index < -0.39 is 0 Å². The van der Waals surface area contributed by atoms with Crippen molar-refractivity contribution >= 4 is 17.2 Å². The van der Waals surface area contributed by atoms with Crippen LogP contribution in [0.2, 0.25) is 0 Å². The maximum atomic E-state index is 11.2. The van der Waals surface area contributed by atoms with Crippen molar-refractivity contribution in [2.45, 2.75) is 13.8 Å². The van der Waals surface area contributed by atoms with Gasteiger partial charge < -0.3 is 9.95 Å². The minimum absolute atomic E-state index is 0.559. The Kier molecular flexibility index (Phi) is 3.50. The van der Waals surface area contributed by atoms with Gasteiger partial charge in [0.15, 0.2) is 5.49 Å². The van der Waals surface area contributed by atoms with Crippen molar-refractivity contribution in [1.29, 1.82) is 0 Å². The Balaban J connectivity index is 2.36. The molecule has 1 aromatic carbocycles. The fourth-order valence-electron chi connectivity index (χ4n) is 2.63. The van der Waals surface area contributed by atoms with Crippen LogP contribution >= 0.6 is 0 Å². The Labute approximate surface area is 127 Å². The SMILES string of the molecule is CN/N=c1/c2cc(-c3c(C)noc3C)ccc2ccn1C=O. The number of nitrogens with one attached hydrogen (secondary N) is 1. The van der Waals surface area contributed by atoms with Crippen LogP contribution in [0.3, 0.4) is 0 Å². The van der Waals surface area contributed by atoms with Gasteiger partial charge in [0.05, 0.1) is 5.69 Å². The van der Waals surface area contributed by atoms with Crippen LogP contribution in [0, 0.1) is 13.8 Å². The predicted octanol–water partition coefficient (Wildman–Crippen LogP) is 1.99. The van der Waals surface area contributed by atoms with E-state index in [0.29, 0.717) is 5.49 Å². The summed E-state index contributed by atoms with van der Waals surface area (Å²) >= 11 is 0. The average molecular weight is 296 g/mol. The number of pyridine rings is 1. The number of carbonyl (C=O) groups is 1. The molecule has 0 aliphatic carbocycles.